The monoisotopic (exact) mass is 346 g/mol. The molecule has 0 radical (unpaired) electrons. The molecule has 0 saturated carbocycles. The van der Waals surface area contributed by atoms with Crippen LogP contribution in [0.15, 0.2) is 48.5 Å². The number of benzene rings is 2. The van der Waals surface area contributed by atoms with Gasteiger partial charge in [-0.1, -0.05) is 66.2 Å². The Bertz CT molecular complexity index is 560. The Labute approximate surface area is 136 Å². The molecular weight excluding hydrogens is 324 g/mol. The van der Waals surface area contributed by atoms with Gasteiger partial charge in [-0.3, -0.25) is 0 Å². The van der Waals surface area contributed by atoms with Crippen LogP contribution in [0.2, 0.25) is 0 Å². The molecule has 0 heterocycles. The smallest absolute Gasteiger partial charge is 0.119 e. The fourth-order valence-electron chi connectivity index (χ4n) is 2.46. The van der Waals surface area contributed by atoms with Gasteiger partial charge in [0.2, 0.25) is 0 Å². The summed E-state index contributed by atoms with van der Waals surface area (Å²) in [5.74, 6) is 1.62. The van der Waals surface area contributed by atoms with Crippen molar-refractivity contribution in [1.82, 2.24) is 0 Å². The summed E-state index contributed by atoms with van der Waals surface area (Å²) in [5, 5.41) is 0. The maximum Gasteiger partial charge on any atom is 0.119 e. The van der Waals surface area contributed by atoms with Gasteiger partial charge in [0.1, 0.15) is 5.75 Å². The Kier molecular flexibility index (Phi) is 5.86. The van der Waals surface area contributed by atoms with Gasteiger partial charge in [0, 0.05) is 4.83 Å². The van der Waals surface area contributed by atoms with Crippen LogP contribution in [0, 0.1) is 5.92 Å². The van der Waals surface area contributed by atoms with Gasteiger partial charge in [-0.15, -0.1) is 0 Å². The zero-order valence-electron chi connectivity index (χ0n) is 13.0. The second kappa shape index (κ2) is 7.65. The number of hydrogen-bond donors (Lipinski definition) is 0. The molecule has 1 nitrogen and oxygen atoms in total. The lowest BCUT2D eigenvalue weighted by Crippen LogP contribution is -1.98. The first-order chi connectivity index (χ1) is 10.1. The molecule has 2 aromatic rings. The van der Waals surface area contributed by atoms with E-state index in [1.807, 2.05) is 12.1 Å². The molecule has 1 atom stereocenters. The predicted molar refractivity (Wildman–Crippen MR) is 93.4 cm³/mol. The van der Waals surface area contributed by atoms with Crippen molar-refractivity contribution in [1.29, 1.82) is 0 Å². The molecule has 1 unspecified atom stereocenters. The number of alkyl halides is 1. The van der Waals surface area contributed by atoms with E-state index in [-0.39, 0.29) is 0 Å². The first-order valence-corrected chi connectivity index (χ1v) is 8.36. The molecule has 0 spiro atoms. The minimum absolute atomic E-state index is 0.331. The van der Waals surface area contributed by atoms with Crippen LogP contribution < -0.4 is 4.74 Å². The third-order valence-electron chi connectivity index (χ3n) is 3.53. The van der Waals surface area contributed by atoms with Crippen LogP contribution in [-0.2, 0) is 12.8 Å². The maximum atomic E-state index is 5.28. The Hall–Kier alpha value is -1.28. The van der Waals surface area contributed by atoms with Gasteiger partial charge in [0.15, 0.2) is 0 Å². The molecule has 0 aliphatic carbocycles. The Balaban J connectivity index is 2.03. The summed E-state index contributed by atoms with van der Waals surface area (Å²) in [6.07, 6.45) is 2.10. The summed E-state index contributed by atoms with van der Waals surface area (Å²) in [5.41, 5.74) is 4.02. The minimum Gasteiger partial charge on any atom is -0.497 e. The average molecular weight is 347 g/mol. The molecule has 0 saturated heterocycles. The Morgan fingerprint density at radius 1 is 0.952 bits per heavy atom. The van der Waals surface area contributed by atoms with Crippen LogP contribution in [0.4, 0.5) is 0 Å². The summed E-state index contributed by atoms with van der Waals surface area (Å²) in [7, 11) is 1.71. The summed E-state index contributed by atoms with van der Waals surface area (Å²) in [4.78, 5) is 0.331. The summed E-state index contributed by atoms with van der Waals surface area (Å²) < 4.78 is 5.28. The van der Waals surface area contributed by atoms with Crippen molar-refractivity contribution in [3.8, 4) is 5.75 Å². The molecule has 0 bridgehead atoms. The molecule has 0 fully saturated rings. The fourth-order valence-corrected chi connectivity index (χ4v) is 3.14. The van der Waals surface area contributed by atoms with Gasteiger partial charge in [0.25, 0.3) is 0 Å². The van der Waals surface area contributed by atoms with Crippen LogP contribution in [0.5, 0.6) is 5.75 Å². The highest BCUT2D eigenvalue weighted by atomic mass is 79.9. The highest BCUT2D eigenvalue weighted by Crippen LogP contribution is 2.28. The highest BCUT2D eigenvalue weighted by molar-refractivity contribution is 9.09. The van der Waals surface area contributed by atoms with Gasteiger partial charge in [0.05, 0.1) is 7.11 Å². The third-order valence-corrected chi connectivity index (χ3v) is 4.39. The van der Waals surface area contributed by atoms with Gasteiger partial charge in [-0.05, 0) is 47.6 Å². The van der Waals surface area contributed by atoms with E-state index in [0.717, 1.165) is 18.6 Å². The SMILES string of the molecule is COc1cccc(CC(Br)c2ccc(CC(C)C)cc2)c1. The second-order valence-corrected chi connectivity index (χ2v) is 6.97. The van der Waals surface area contributed by atoms with E-state index in [9.17, 15) is 0 Å². The zero-order chi connectivity index (χ0) is 15.2. The topological polar surface area (TPSA) is 9.23 Å². The second-order valence-electron chi connectivity index (χ2n) is 5.86. The summed E-state index contributed by atoms with van der Waals surface area (Å²) in [6.45, 7) is 4.51. The average Bonchev–Trinajstić information content (AvgIpc) is 2.47. The summed E-state index contributed by atoms with van der Waals surface area (Å²) >= 11 is 3.80. The van der Waals surface area contributed by atoms with Crippen molar-refractivity contribution in [3.05, 3.63) is 65.2 Å². The van der Waals surface area contributed by atoms with Crippen molar-refractivity contribution in [3.63, 3.8) is 0 Å². The molecule has 21 heavy (non-hydrogen) atoms. The van der Waals surface area contributed by atoms with E-state index in [1.165, 1.54) is 16.7 Å². The van der Waals surface area contributed by atoms with Crippen molar-refractivity contribution < 1.29 is 4.74 Å². The molecule has 2 aromatic carbocycles. The van der Waals surface area contributed by atoms with Crippen LogP contribution in [0.3, 0.4) is 0 Å². The Morgan fingerprint density at radius 3 is 2.29 bits per heavy atom. The van der Waals surface area contributed by atoms with E-state index in [2.05, 4.69) is 66.2 Å². The first kappa shape index (κ1) is 16.1. The lowest BCUT2D eigenvalue weighted by Gasteiger charge is -2.12. The maximum absolute atomic E-state index is 5.28. The Morgan fingerprint density at radius 2 is 1.67 bits per heavy atom. The van der Waals surface area contributed by atoms with Crippen molar-refractivity contribution in [2.24, 2.45) is 5.92 Å². The van der Waals surface area contributed by atoms with Gasteiger partial charge in [-0.2, -0.15) is 0 Å². The molecular formula is C19H23BrO. The predicted octanol–water partition coefficient (Wildman–Crippen LogP) is 5.57. The molecule has 0 aliphatic rings. The quantitative estimate of drug-likeness (QED) is 0.621. The van der Waals surface area contributed by atoms with Crippen molar-refractivity contribution in [2.45, 2.75) is 31.5 Å². The minimum atomic E-state index is 0.331. The number of rotatable bonds is 6. The summed E-state index contributed by atoms with van der Waals surface area (Å²) in [6, 6.07) is 17.2. The highest BCUT2D eigenvalue weighted by Gasteiger charge is 2.09. The molecule has 2 heteroatoms. The molecule has 0 N–H and O–H groups in total. The van der Waals surface area contributed by atoms with Crippen LogP contribution >= 0.6 is 15.9 Å². The number of hydrogen-bond acceptors (Lipinski definition) is 1. The lowest BCUT2D eigenvalue weighted by atomic mass is 9.99. The molecule has 0 aliphatic heterocycles. The third kappa shape index (κ3) is 4.89. The van der Waals surface area contributed by atoms with E-state index < -0.39 is 0 Å². The van der Waals surface area contributed by atoms with Gasteiger partial charge in [-0.25, -0.2) is 0 Å². The van der Waals surface area contributed by atoms with E-state index >= 15 is 0 Å². The van der Waals surface area contributed by atoms with Crippen LogP contribution in [0.1, 0.15) is 35.4 Å². The van der Waals surface area contributed by atoms with Crippen LogP contribution in [-0.4, -0.2) is 7.11 Å². The molecule has 2 rings (SSSR count). The largest absolute Gasteiger partial charge is 0.497 e. The van der Waals surface area contributed by atoms with E-state index in [4.69, 9.17) is 4.74 Å². The standard InChI is InChI=1S/C19H23BrO/c1-14(2)11-15-7-9-17(10-8-15)19(20)13-16-5-4-6-18(12-16)21-3/h4-10,12,14,19H,11,13H2,1-3H3. The molecule has 112 valence electrons. The van der Waals surface area contributed by atoms with E-state index in [1.54, 1.807) is 7.11 Å². The number of methoxy groups -OCH3 is 1. The van der Waals surface area contributed by atoms with Crippen molar-refractivity contribution >= 4 is 15.9 Å². The number of ether oxygens (including phenoxy) is 1. The fraction of sp³-hybridized carbons (Fsp3) is 0.368. The normalized spacial score (nSPS) is 12.4. The lowest BCUT2D eigenvalue weighted by molar-refractivity contribution is 0.414. The molecule has 0 amide bonds. The van der Waals surface area contributed by atoms with Crippen LogP contribution in [0.25, 0.3) is 0 Å². The van der Waals surface area contributed by atoms with Gasteiger partial charge >= 0.3 is 0 Å². The van der Waals surface area contributed by atoms with E-state index in [0.29, 0.717) is 10.7 Å². The zero-order valence-corrected chi connectivity index (χ0v) is 14.6. The van der Waals surface area contributed by atoms with Gasteiger partial charge < -0.3 is 4.74 Å². The first-order valence-electron chi connectivity index (χ1n) is 7.44. The number of halogens is 1. The molecule has 0 aromatic heterocycles. The van der Waals surface area contributed by atoms with Crippen molar-refractivity contribution in [2.75, 3.05) is 7.11 Å².